The van der Waals surface area contributed by atoms with Crippen molar-refractivity contribution in [2.24, 2.45) is 0 Å². The van der Waals surface area contributed by atoms with Crippen LogP contribution < -0.4 is 10.1 Å². The van der Waals surface area contributed by atoms with E-state index in [0.717, 1.165) is 48.4 Å². The molecule has 0 bridgehead atoms. The van der Waals surface area contributed by atoms with E-state index in [1.807, 2.05) is 26.0 Å². The van der Waals surface area contributed by atoms with E-state index in [4.69, 9.17) is 14.7 Å². The quantitative estimate of drug-likeness (QED) is 0.292. The molecule has 2 aromatic heterocycles. The third-order valence-corrected chi connectivity index (χ3v) is 7.90. The minimum absolute atomic E-state index is 0.303. The van der Waals surface area contributed by atoms with Crippen LogP contribution in [-0.4, -0.2) is 45.2 Å². The third kappa shape index (κ3) is 5.46. The molecule has 1 saturated heterocycles. The monoisotopic (exact) mass is 516 g/mol. The molecular weight excluding hydrogens is 488 g/mol. The topological polar surface area (TPSA) is 87.0 Å². The Hall–Kier alpha value is -3.19. The Morgan fingerprint density at radius 1 is 1.14 bits per heavy atom. The number of thiazole rings is 1. The molecule has 2 aromatic carbocycles. The highest BCUT2D eigenvalue weighted by atomic mass is 32.2. The van der Waals surface area contributed by atoms with Crippen LogP contribution in [0.15, 0.2) is 46.8 Å². The lowest BCUT2D eigenvalue weighted by atomic mass is 10.0. The highest BCUT2D eigenvalue weighted by Gasteiger charge is 2.22. The Kier molecular flexibility index (Phi) is 7.37. The van der Waals surface area contributed by atoms with Crippen molar-refractivity contribution in [1.82, 2.24) is 19.9 Å². The summed E-state index contributed by atoms with van der Waals surface area (Å²) in [5.74, 6) is 1.70. The fraction of sp³-hybridized carbons (Fsp3) is 0.333. The Balaban J connectivity index is 1.27. The summed E-state index contributed by atoms with van der Waals surface area (Å²) in [5.41, 5.74) is 6.16. The Morgan fingerprint density at radius 3 is 2.53 bits per heavy atom. The molecule has 184 valence electrons. The number of likely N-dealkylation sites (tertiary alicyclic amines) is 1. The van der Waals surface area contributed by atoms with E-state index < -0.39 is 0 Å². The van der Waals surface area contributed by atoms with Crippen LogP contribution in [0.3, 0.4) is 0 Å². The molecule has 0 spiro atoms. The maximum atomic E-state index is 9.25. The number of aryl methyl sites for hydroxylation is 2. The largest absolute Gasteiger partial charge is 0.436 e. The van der Waals surface area contributed by atoms with E-state index in [9.17, 15) is 5.26 Å². The molecule has 5 rings (SSSR count). The zero-order valence-electron chi connectivity index (χ0n) is 20.6. The van der Waals surface area contributed by atoms with Crippen molar-refractivity contribution in [2.45, 2.75) is 44.2 Å². The molecule has 0 saturated carbocycles. The summed E-state index contributed by atoms with van der Waals surface area (Å²) >= 11 is 3.24. The van der Waals surface area contributed by atoms with Crippen molar-refractivity contribution < 1.29 is 4.74 Å². The third-order valence-electron chi connectivity index (χ3n) is 6.44. The maximum absolute atomic E-state index is 9.25. The molecule has 1 fully saturated rings. The van der Waals surface area contributed by atoms with E-state index in [0.29, 0.717) is 34.7 Å². The van der Waals surface area contributed by atoms with Crippen LogP contribution >= 0.6 is 23.1 Å². The maximum Gasteiger partial charge on any atom is 0.252 e. The van der Waals surface area contributed by atoms with Gasteiger partial charge in [0.15, 0.2) is 10.3 Å². The van der Waals surface area contributed by atoms with Gasteiger partial charge in [-0.2, -0.15) is 15.2 Å². The highest BCUT2D eigenvalue weighted by molar-refractivity contribution is 7.98. The van der Waals surface area contributed by atoms with Crippen molar-refractivity contribution in [3.05, 3.63) is 64.2 Å². The van der Waals surface area contributed by atoms with Gasteiger partial charge in [0, 0.05) is 30.6 Å². The number of thioether (sulfide) groups is 1. The van der Waals surface area contributed by atoms with E-state index in [1.54, 1.807) is 17.3 Å². The van der Waals surface area contributed by atoms with Gasteiger partial charge in [-0.3, -0.25) is 4.90 Å². The van der Waals surface area contributed by atoms with Crippen LogP contribution in [0.1, 0.15) is 35.1 Å². The second kappa shape index (κ2) is 10.8. The Morgan fingerprint density at radius 2 is 1.86 bits per heavy atom. The van der Waals surface area contributed by atoms with Gasteiger partial charge >= 0.3 is 0 Å². The number of benzene rings is 2. The van der Waals surface area contributed by atoms with Crippen LogP contribution in [0.4, 0.5) is 5.95 Å². The molecule has 36 heavy (non-hydrogen) atoms. The number of ether oxygens (including phenoxy) is 1. The number of hydrogen-bond acceptors (Lipinski definition) is 9. The molecule has 0 amide bonds. The molecule has 1 aliphatic heterocycles. The van der Waals surface area contributed by atoms with Gasteiger partial charge in [0.25, 0.3) is 5.88 Å². The summed E-state index contributed by atoms with van der Waals surface area (Å²) in [5, 5.41) is 12.8. The average molecular weight is 517 g/mol. The summed E-state index contributed by atoms with van der Waals surface area (Å²) in [6.45, 7) is 6.90. The summed E-state index contributed by atoms with van der Waals surface area (Å²) in [7, 11) is 0. The predicted molar refractivity (Wildman–Crippen MR) is 146 cm³/mol. The minimum atomic E-state index is 0.303. The number of fused-ring (bicyclic) bond motifs is 1. The van der Waals surface area contributed by atoms with Gasteiger partial charge in [0.1, 0.15) is 5.75 Å². The molecule has 4 aromatic rings. The zero-order chi connectivity index (χ0) is 25.1. The van der Waals surface area contributed by atoms with Gasteiger partial charge < -0.3 is 10.1 Å². The van der Waals surface area contributed by atoms with Gasteiger partial charge in [0.05, 0.1) is 17.1 Å². The molecule has 0 atom stereocenters. The molecule has 0 aliphatic carbocycles. The van der Waals surface area contributed by atoms with E-state index in [1.165, 1.54) is 21.8 Å². The van der Waals surface area contributed by atoms with Crippen LogP contribution in [0.25, 0.3) is 10.3 Å². The fourth-order valence-corrected chi connectivity index (χ4v) is 5.61. The van der Waals surface area contributed by atoms with Gasteiger partial charge in [-0.25, -0.2) is 4.98 Å². The summed E-state index contributed by atoms with van der Waals surface area (Å²) < 4.78 is 6.27. The summed E-state index contributed by atoms with van der Waals surface area (Å²) in [4.78, 5) is 18.4. The van der Waals surface area contributed by atoms with Crippen LogP contribution in [0.2, 0.25) is 0 Å². The van der Waals surface area contributed by atoms with Crippen molar-refractivity contribution in [1.29, 1.82) is 5.26 Å². The SMILES string of the molecule is CSc1ccc(CN2CCC(Nc3nc(Oc4c(C)cc(C#N)cc4C)c4ncsc4n3)CC2)cc1. The molecule has 9 heteroatoms. The van der Waals surface area contributed by atoms with Crippen molar-refractivity contribution in [2.75, 3.05) is 24.7 Å². The first-order valence-electron chi connectivity index (χ1n) is 11.9. The van der Waals surface area contributed by atoms with Gasteiger partial charge in [-0.15, -0.1) is 23.1 Å². The molecule has 1 N–H and O–H groups in total. The van der Waals surface area contributed by atoms with Crippen molar-refractivity contribution in [3.8, 4) is 17.7 Å². The highest BCUT2D eigenvalue weighted by Crippen LogP contribution is 2.34. The number of piperidine rings is 1. The van der Waals surface area contributed by atoms with Gasteiger partial charge in [-0.05, 0) is 73.9 Å². The van der Waals surface area contributed by atoms with Crippen molar-refractivity contribution in [3.63, 3.8) is 0 Å². The Labute approximate surface area is 219 Å². The fourth-order valence-electron chi connectivity index (χ4n) is 4.55. The van der Waals surface area contributed by atoms with Crippen LogP contribution in [0, 0.1) is 25.2 Å². The lowest BCUT2D eigenvalue weighted by Gasteiger charge is -2.32. The van der Waals surface area contributed by atoms with Crippen molar-refractivity contribution >= 4 is 39.4 Å². The average Bonchev–Trinajstić information content (AvgIpc) is 3.36. The van der Waals surface area contributed by atoms with E-state index in [2.05, 4.69) is 51.8 Å². The summed E-state index contributed by atoms with van der Waals surface area (Å²) in [6, 6.07) is 15.0. The molecule has 3 heterocycles. The van der Waals surface area contributed by atoms with E-state index in [-0.39, 0.29) is 0 Å². The van der Waals surface area contributed by atoms with Gasteiger partial charge in [0.2, 0.25) is 5.95 Å². The van der Waals surface area contributed by atoms with Gasteiger partial charge in [-0.1, -0.05) is 12.1 Å². The van der Waals surface area contributed by atoms with Crippen LogP contribution in [0.5, 0.6) is 11.6 Å². The number of anilines is 1. The minimum Gasteiger partial charge on any atom is -0.436 e. The molecule has 7 nitrogen and oxygen atoms in total. The molecule has 1 aliphatic rings. The first-order chi connectivity index (χ1) is 17.5. The number of nitrogens with zero attached hydrogens (tertiary/aromatic N) is 5. The number of nitriles is 1. The number of hydrogen-bond donors (Lipinski definition) is 1. The molecule has 0 unspecified atom stereocenters. The second-order valence-corrected chi connectivity index (χ2v) is 10.8. The number of rotatable bonds is 7. The lowest BCUT2D eigenvalue weighted by Crippen LogP contribution is -2.39. The van der Waals surface area contributed by atoms with Crippen LogP contribution in [-0.2, 0) is 6.54 Å². The lowest BCUT2D eigenvalue weighted by molar-refractivity contribution is 0.211. The standard InChI is InChI=1S/C27H28N6OS2/c1-17-12-20(14-28)13-18(2)24(17)34-25-23-26(36-16-29-23)32-27(31-25)30-21-8-10-33(11-9-21)15-19-4-6-22(35-3)7-5-19/h4-7,12-13,16,21H,8-11,15H2,1-3H3,(H,30,31,32). The first kappa shape index (κ1) is 24.5. The summed E-state index contributed by atoms with van der Waals surface area (Å²) in [6.07, 6.45) is 4.15. The first-order valence-corrected chi connectivity index (χ1v) is 14.0. The normalized spacial score (nSPS) is 14.6. The second-order valence-electron chi connectivity index (χ2n) is 9.05. The zero-order valence-corrected chi connectivity index (χ0v) is 22.2. The van der Waals surface area contributed by atoms with E-state index >= 15 is 0 Å². The Bertz CT molecular complexity index is 1380. The number of nitrogens with one attached hydrogen (secondary N) is 1. The molecular formula is C27H28N6OS2. The smallest absolute Gasteiger partial charge is 0.252 e. The number of aromatic nitrogens is 3. The predicted octanol–water partition coefficient (Wildman–Crippen LogP) is 6.17. The molecule has 0 radical (unpaired) electrons.